The summed E-state index contributed by atoms with van der Waals surface area (Å²) < 4.78 is 36.2. The molecule has 0 saturated heterocycles. The molecule has 7 nitrogen and oxygen atoms in total. The van der Waals surface area contributed by atoms with Gasteiger partial charge in [0.25, 0.3) is 11.0 Å². The van der Waals surface area contributed by atoms with Crippen molar-refractivity contribution in [3.63, 3.8) is 0 Å². The summed E-state index contributed by atoms with van der Waals surface area (Å²) in [5, 5.41) is 1.08. The van der Waals surface area contributed by atoms with Crippen LogP contribution in [0.15, 0.2) is 18.2 Å². The molecule has 1 aliphatic rings. The zero-order valence-corrected chi connectivity index (χ0v) is 12.7. The van der Waals surface area contributed by atoms with Gasteiger partial charge >= 0.3 is 5.97 Å². The molecule has 0 amide bonds. The average Bonchev–Trinajstić information content (AvgIpc) is 3.27. The minimum Gasteiger partial charge on any atom is -0.491 e. The van der Waals surface area contributed by atoms with E-state index in [1.807, 2.05) is 0 Å². The molecule has 116 valence electrons. The SMILES string of the molecule is COC(=O)c1ccc(N(C)O[SH](=O)=O)c(OCC2CC2)c1. The Labute approximate surface area is 124 Å². The van der Waals surface area contributed by atoms with E-state index in [0.717, 1.165) is 17.9 Å². The number of hydrogen-bond donors (Lipinski definition) is 1. The lowest BCUT2D eigenvalue weighted by Gasteiger charge is -2.19. The maximum Gasteiger partial charge on any atom is 0.337 e. The van der Waals surface area contributed by atoms with Crippen molar-refractivity contribution in [2.75, 3.05) is 25.8 Å². The first-order valence-corrected chi connectivity index (χ1v) is 7.52. The molecule has 1 aromatic carbocycles. The molecule has 1 aliphatic carbocycles. The minimum atomic E-state index is -3.03. The van der Waals surface area contributed by atoms with Crippen LogP contribution in [0.4, 0.5) is 5.69 Å². The smallest absolute Gasteiger partial charge is 0.337 e. The van der Waals surface area contributed by atoms with E-state index in [1.54, 1.807) is 6.07 Å². The number of hydroxylamine groups is 1. The van der Waals surface area contributed by atoms with Crippen molar-refractivity contribution in [2.24, 2.45) is 5.92 Å². The predicted octanol–water partition coefficient (Wildman–Crippen LogP) is 1.16. The lowest BCUT2D eigenvalue weighted by atomic mass is 10.2. The van der Waals surface area contributed by atoms with E-state index in [1.165, 1.54) is 26.3 Å². The van der Waals surface area contributed by atoms with Gasteiger partial charge in [0.05, 0.1) is 19.3 Å². The molecule has 0 bridgehead atoms. The van der Waals surface area contributed by atoms with Crippen molar-refractivity contribution < 1.29 is 27.0 Å². The van der Waals surface area contributed by atoms with Crippen molar-refractivity contribution in [3.8, 4) is 5.75 Å². The summed E-state index contributed by atoms with van der Waals surface area (Å²) in [6.45, 7) is 0.523. The maximum absolute atomic E-state index is 11.6. The van der Waals surface area contributed by atoms with Crippen LogP contribution >= 0.6 is 0 Å². The number of carbonyl (C=O) groups is 1. The monoisotopic (exact) mass is 315 g/mol. The fourth-order valence-corrected chi connectivity index (χ4v) is 2.06. The Morgan fingerprint density at radius 1 is 1.38 bits per heavy atom. The number of benzene rings is 1. The first kappa shape index (κ1) is 15.6. The second kappa shape index (κ2) is 6.77. The van der Waals surface area contributed by atoms with Gasteiger partial charge in [-0.2, -0.15) is 4.28 Å². The molecular formula is C13H17NO6S. The second-order valence-corrected chi connectivity index (χ2v) is 5.34. The highest BCUT2D eigenvalue weighted by molar-refractivity contribution is 7.67. The van der Waals surface area contributed by atoms with Crippen LogP contribution in [0, 0.1) is 5.92 Å². The summed E-state index contributed by atoms with van der Waals surface area (Å²) in [6.07, 6.45) is 2.23. The Hall–Kier alpha value is -1.80. The number of rotatable bonds is 7. The molecule has 1 fully saturated rings. The number of ether oxygens (including phenoxy) is 2. The molecule has 0 heterocycles. The number of nitrogens with zero attached hydrogens (tertiary/aromatic N) is 1. The van der Waals surface area contributed by atoms with E-state index < -0.39 is 17.0 Å². The minimum absolute atomic E-state index is 0.326. The molecule has 0 radical (unpaired) electrons. The summed E-state index contributed by atoms with van der Waals surface area (Å²) in [5.41, 5.74) is 0.745. The summed E-state index contributed by atoms with van der Waals surface area (Å²) >= 11 is 0. The topological polar surface area (TPSA) is 82.1 Å². The van der Waals surface area contributed by atoms with E-state index in [2.05, 4.69) is 9.02 Å². The fourth-order valence-electron chi connectivity index (χ4n) is 1.77. The van der Waals surface area contributed by atoms with E-state index >= 15 is 0 Å². The molecular weight excluding hydrogens is 298 g/mol. The van der Waals surface area contributed by atoms with Gasteiger partial charge in [0.1, 0.15) is 11.4 Å². The Balaban J connectivity index is 2.25. The van der Waals surface area contributed by atoms with Gasteiger partial charge in [-0.05, 0) is 37.0 Å². The van der Waals surface area contributed by atoms with E-state index in [0.29, 0.717) is 29.5 Å². The zero-order chi connectivity index (χ0) is 15.4. The fraction of sp³-hybridized carbons (Fsp3) is 0.462. The molecule has 0 aliphatic heterocycles. The highest BCUT2D eigenvalue weighted by Gasteiger charge is 2.23. The molecule has 0 spiro atoms. The lowest BCUT2D eigenvalue weighted by Crippen LogP contribution is -2.18. The summed E-state index contributed by atoms with van der Waals surface area (Å²) in [4.78, 5) is 11.6. The van der Waals surface area contributed by atoms with Crippen LogP contribution in [0.25, 0.3) is 0 Å². The standard InChI is InChI=1S/C13H17NO6S/c1-14(20-21(16)17)11-6-5-10(13(15)18-2)7-12(11)19-8-9-3-4-9/h5-7,9,21H,3-4,8H2,1-2H3. The van der Waals surface area contributed by atoms with Crippen molar-refractivity contribution in [1.82, 2.24) is 0 Å². The predicted molar refractivity (Wildman–Crippen MR) is 75.8 cm³/mol. The number of carbonyl (C=O) groups excluding carboxylic acids is 1. The van der Waals surface area contributed by atoms with Gasteiger partial charge in [0.2, 0.25) is 0 Å². The van der Waals surface area contributed by atoms with Gasteiger partial charge in [0, 0.05) is 7.05 Å². The van der Waals surface area contributed by atoms with Crippen molar-refractivity contribution in [1.29, 1.82) is 0 Å². The highest BCUT2D eigenvalue weighted by atomic mass is 32.2. The zero-order valence-electron chi connectivity index (χ0n) is 11.8. The van der Waals surface area contributed by atoms with Crippen LogP contribution in [-0.2, 0) is 20.0 Å². The normalized spacial score (nSPS) is 14.0. The van der Waals surface area contributed by atoms with Crippen molar-refractivity contribution >= 4 is 22.6 Å². The van der Waals surface area contributed by atoms with Crippen LogP contribution in [0.2, 0.25) is 0 Å². The van der Waals surface area contributed by atoms with Crippen LogP contribution in [0.1, 0.15) is 23.2 Å². The van der Waals surface area contributed by atoms with Crippen LogP contribution in [0.5, 0.6) is 5.75 Å². The third kappa shape index (κ3) is 4.33. The molecule has 0 N–H and O–H groups in total. The van der Waals surface area contributed by atoms with Gasteiger partial charge in [-0.1, -0.05) is 0 Å². The van der Waals surface area contributed by atoms with Gasteiger partial charge < -0.3 is 9.47 Å². The molecule has 1 aromatic rings. The van der Waals surface area contributed by atoms with E-state index in [9.17, 15) is 13.2 Å². The molecule has 0 unspecified atom stereocenters. The first-order valence-electron chi connectivity index (χ1n) is 6.42. The third-order valence-corrected chi connectivity index (χ3v) is 3.46. The summed E-state index contributed by atoms with van der Waals surface area (Å²) in [7, 11) is -0.293. The molecule has 0 aromatic heterocycles. The van der Waals surface area contributed by atoms with Crippen molar-refractivity contribution in [3.05, 3.63) is 23.8 Å². The molecule has 21 heavy (non-hydrogen) atoms. The van der Waals surface area contributed by atoms with Crippen molar-refractivity contribution in [2.45, 2.75) is 12.8 Å². The van der Waals surface area contributed by atoms with Gasteiger partial charge in [0.15, 0.2) is 0 Å². The Kier molecular flexibility index (Phi) is 5.03. The Bertz CT molecular complexity index is 588. The lowest BCUT2D eigenvalue weighted by molar-refractivity contribution is 0.0600. The number of esters is 1. The molecule has 1 saturated carbocycles. The van der Waals surface area contributed by atoms with Gasteiger partial charge in [-0.3, -0.25) is 0 Å². The molecule has 8 heteroatoms. The van der Waals surface area contributed by atoms with Crippen LogP contribution in [-0.4, -0.2) is 35.2 Å². The summed E-state index contributed by atoms with van der Waals surface area (Å²) in [5.74, 6) is 0.405. The second-order valence-electron chi connectivity index (χ2n) is 4.73. The molecule has 2 rings (SSSR count). The number of hydrogen-bond acceptors (Lipinski definition) is 7. The first-order chi connectivity index (χ1) is 10.0. The quantitative estimate of drug-likeness (QED) is 0.459. The van der Waals surface area contributed by atoms with Crippen LogP contribution < -0.4 is 9.80 Å². The number of thiol groups is 1. The van der Waals surface area contributed by atoms with Gasteiger partial charge in [-0.25, -0.2) is 18.3 Å². The van der Waals surface area contributed by atoms with Gasteiger partial charge in [-0.15, -0.1) is 0 Å². The van der Waals surface area contributed by atoms with E-state index in [-0.39, 0.29) is 0 Å². The average molecular weight is 315 g/mol. The Morgan fingerprint density at radius 2 is 2.10 bits per heavy atom. The third-order valence-electron chi connectivity index (χ3n) is 3.08. The Morgan fingerprint density at radius 3 is 2.67 bits per heavy atom. The largest absolute Gasteiger partial charge is 0.491 e. The highest BCUT2D eigenvalue weighted by Crippen LogP contribution is 2.33. The van der Waals surface area contributed by atoms with Crippen LogP contribution in [0.3, 0.4) is 0 Å². The number of methoxy groups -OCH3 is 1. The summed E-state index contributed by atoms with van der Waals surface area (Å²) in [6, 6.07) is 4.58. The maximum atomic E-state index is 11.6. The molecule has 0 atom stereocenters. The number of anilines is 1. The van der Waals surface area contributed by atoms with E-state index in [4.69, 9.17) is 4.74 Å².